The lowest BCUT2D eigenvalue weighted by molar-refractivity contribution is -0.963. The highest BCUT2D eigenvalue weighted by Gasteiger charge is 2.10. The highest BCUT2D eigenvalue weighted by molar-refractivity contribution is 5.91. The van der Waals surface area contributed by atoms with Crippen LogP contribution in [0.15, 0.2) is 72.8 Å². The summed E-state index contributed by atoms with van der Waals surface area (Å²) in [4.78, 5) is 17.5. The molecule has 3 aromatic carbocycles. The minimum atomic E-state index is -0.484. The van der Waals surface area contributed by atoms with Crippen molar-refractivity contribution in [1.29, 1.82) is 0 Å². The van der Waals surface area contributed by atoms with Gasteiger partial charge >= 0.3 is 5.97 Å². The zero-order valence-electron chi connectivity index (χ0n) is 15.0. The maximum absolute atomic E-state index is 12.1. The number of methoxy groups -OCH3 is 1. The van der Waals surface area contributed by atoms with E-state index in [4.69, 9.17) is 14.3 Å². The third kappa shape index (κ3) is 4.84. The Labute approximate surface area is 157 Å². The van der Waals surface area contributed by atoms with E-state index in [0.29, 0.717) is 28.5 Å². The van der Waals surface area contributed by atoms with Crippen LogP contribution in [0, 0.1) is 12.1 Å². The molecule has 0 aromatic heterocycles. The van der Waals surface area contributed by atoms with Crippen molar-refractivity contribution in [2.75, 3.05) is 7.11 Å². The normalized spacial score (nSPS) is 11.5. The number of quaternary nitrogens is 1. The number of nitrogens with one attached hydrogen (secondary N) is 1. The summed E-state index contributed by atoms with van der Waals surface area (Å²) in [5.41, 5.74) is 1.94. The quantitative estimate of drug-likeness (QED) is 0.412. The molecule has 1 atom stereocenters. The van der Waals surface area contributed by atoms with Gasteiger partial charge < -0.3 is 19.5 Å². The molecule has 6 heteroatoms. The van der Waals surface area contributed by atoms with Crippen LogP contribution in [0.25, 0.3) is 0 Å². The van der Waals surface area contributed by atoms with Crippen LogP contribution in [0.5, 0.6) is 17.2 Å². The number of carbonyl (C=O) groups is 1. The molecule has 0 saturated carbocycles. The van der Waals surface area contributed by atoms with Crippen LogP contribution >= 0.6 is 0 Å². The van der Waals surface area contributed by atoms with Gasteiger partial charge in [0.1, 0.15) is 11.5 Å². The predicted molar refractivity (Wildman–Crippen MR) is 100 cm³/mol. The van der Waals surface area contributed by atoms with Gasteiger partial charge in [-0.2, -0.15) is 0 Å². The van der Waals surface area contributed by atoms with E-state index in [1.807, 2.05) is 19.1 Å². The van der Waals surface area contributed by atoms with Gasteiger partial charge in [-0.15, -0.1) is 5.23 Å². The molecule has 27 heavy (non-hydrogen) atoms. The fraction of sp³-hybridized carbons (Fsp3) is 0.0952. The molecule has 0 heterocycles. The Hall–Kier alpha value is -3.35. The average molecular weight is 365 g/mol. The molecule has 3 aromatic rings. The van der Waals surface area contributed by atoms with Gasteiger partial charge in [-0.3, -0.25) is 0 Å². The maximum Gasteiger partial charge on any atom is 0.343 e. The topological polar surface area (TPSA) is 72.3 Å². The fourth-order valence-corrected chi connectivity index (χ4v) is 2.32. The maximum atomic E-state index is 12.1. The van der Waals surface area contributed by atoms with Gasteiger partial charge in [-0.1, -0.05) is 17.7 Å². The highest BCUT2D eigenvalue weighted by atomic mass is 16.9. The largest absolute Gasteiger partial charge is 0.585 e. The fourth-order valence-electron chi connectivity index (χ4n) is 2.32. The molecule has 0 aliphatic heterocycles. The van der Waals surface area contributed by atoms with E-state index in [-0.39, 0.29) is 0 Å². The summed E-state index contributed by atoms with van der Waals surface area (Å²) in [7, 11) is 1.56. The van der Waals surface area contributed by atoms with Gasteiger partial charge in [0.15, 0.2) is 11.4 Å². The monoisotopic (exact) mass is 365 g/mol. The number of carbonyl (C=O) groups excluding carboxylic acids is 1. The van der Waals surface area contributed by atoms with Crippen molar-refractivity contribution >= 4 is 11.7 Å². The summed E-state index contributed by atoms with van der Waals surface area (Å²) in [6, 6.07) is 20.0. The van der Waals surface area contributed by atoms with Crippen molar-refractivity contribution < 1.29 is 24.3 Å². The van der Waals surface area contributed by atoms with Crippen LogP contribution in [-0.2, 0) is 0 Å². The van der Waals surface area contributed by atoms with Crippen molar-refractivity contribution in [2.45, 2.75) is 6.92 Å². The lowest BCUT2D eigenvalue weighted by atomic mass is 10.2. The second-order valence-electron chi connectivity index (χ2n) is 5.84. The van der Waals surface area contributed by atoms with E-state index >= 15 is 0 Å². The van der Waals surface area contributed by atoms with Gasteiger partial charge in [0, 0.05) is 12.1 Å². The van der Waals surface area contributed by atoms with Crippen LogP contribution < -0.4 is 19.5 Å². The summed E-state index contributed by atoms with van der Waals surface area (Å²) >= 11 is 0. The van der Waals surface area contributed by atoms with Crippen molar-refractivity contribution in [3.63, 3.8) is 0 Å². The van der Waals surface area contributed by atoms with E-state index in [2.05, 4.69) is 0 Å². The Morgan fingerprint density at radius 3 is 1.96 bits per heavy atom. The van der Waals surface area contributed by atoms with Crippen LogP contribution in [-0.4, -0.2) is 13.1 Å². The standard InChI is InChI=1S/C21H19NO5/c1-15-3-7-17(8-4-15)22(24)27-20-13-11-19(12-14-20)26-21(23)16-5-9-18(25-2)10-6-16/h3-14,22H,1-2H3. The van der Waals surface area contributed by atoms with Gasteiger partial charge in [-0.05, 0) is 55.5 Å². The number of aryl methyl sites for hydroxylation is 1. The molecular weight excluding hydrogens is 346 g/mol. The Balaban J connectivity index is 1.60. The summed E-state index contributed by atoms with van der Waals surface area (Å²) in [6.07, 6.45) is 0. The molecular formula is C21H19NO5. The predicted octanol–water partition coefficient (Wildman–Crippen LogP) is 3.23. The Morgan fingerprint density at radius 1 is 0.815 bits per heavy atom. The van der Waals surface area contributed by atoms with Crippen LogP contribution in [0.1, 0.15) is 15.9 Å². The van der Waals surface area contributed by atoms with Crippen LogP contribution in [0.4, 0.5) is 5.69 Å². The Bertz CT molecular complexity index is 889. The lowest BCUT2D eigenvalue weighted by Crippen LogP contribution is -3.04. The van der Waals surface area contributed by atoms with Crippen LogP contribution in [0.2, 0.25) is 0 Å². The van der Waals surface area contributed by atoms with E-state index in [1.165, 1.54) is 0 Å². The first-order chi connectivity index (χ1) is 13.0. The number of esters is 1. The summed E-state index contributed by atoms with van der Waals surface area (Å²) in [6.45, 7) is 1.95. The van der Waals surface area contributed by atoms with Crippen molar-refractivity contribution in [2.24, 2.45) is 0 Å². The minimum Gasteiger partial charge on any atom is -0.585 e. The zero-order valence-corrected chi connectivity index (χ0v) is 15.0. The molecule has 0 saturated heterocycles. The highest BCUT2D eigenvalue weighted by Crippen LogP contribution is 2.19. The van der Waals surface area contributed by atoms with Gasteiger partial charge in [0.05, 0.1) is 12.7 Å². The summed E-state index contributed by atoms with van der Waals surface area (Å²) in [5, 5.41) is 11.7. The number of hydrogen-bond donors (Lipinski definition) is 1. The van der Waals surface area contributed by atoms with Crippen molar-refractivity contribution in [1.82, 2.24) is 0 Å². The van der Waals surface area contributed by atoms with Gasteiger partial charge in [-0.25, -0.2) is 4.79 Å². The smallest absolute Gasteiger partial charge is 0.343 e. The minimum absolute atomic E-state index is 0.353. The van der Waals surface area contributed by atoms with Crippen LogP contribution in [0.3, 0.4) is 0 Å². The molecule has 1 unspecified atom stereocenters. The molecule has 1 N–H and O–H groups in total. The van der Waals surface area contributed by atoms with Crippen molar-refractivity contribution in [3.05, 3.63) is 89.1 Å². The molecule has 0 bridgehead atoms. The number of rotatable bonds is 6. The van der Waals surface area contributed by atoms with Gasteiger partial charge in [0.2, 0.25) is 0 Å². The molecule has 0 aliphatic rings. The lowest BCUT2D eigenvalue weighted by Gasteiger charge is -2.19. The van der Waals surface area contributed by atoms with E-state index in [0.717, 1.165) is 5.56 Å². The average Bonchev–Trinajstić information content (AvgIpc) is 2.70. The molecule has 0 spiro atoms. The van der Waals surface area contributed by atoms with Gasteiger partial charge in [0.25, 0.3) is 0 Å². The first kappa shape index (κ1) is 18.4. The molecule has 138 valence electrons. The van der Waals surface area contributed by atoms with E-state index < -0.39 is 11.2 Å². The first-order valence-electron chi connectivity index (χ1n) is 8.30. The molecule has 0 fully saturated rings. The Morgan fingerprint density at radius 2 is 1.37 bits per heavy atom. The third-order valence-corrected chi connectivity index (χ3v) is 3.86. The SMILES string of the molecule is COc1ccc(C(=O)Oc2ccc(O[NH+]([O-])c3ccc(C)cc3)cc2)cc1. The molecule has 0 amide bonds. The zero-order chi connectivity index (χ0) is 19.2. The first-order valence-corrected chi connectivity index (χ1v) is 8.30. The third-order valence-electron chi connectivity index (χ3n) is 3.86. The summed E-state index contributed by atoms with van der Waals surface area (Å²) < 4.78 is 10.4. The number of benzene rings is 3. The summed E-state index contributed by atoms with van der Waals surface area (Å²) in [5.74, 6) is 0.893. The number of hydrogen-bond acceptors (Lipinski definition) is 5. The van der Waals surface area contributed by atoms with E-state index in [1.54, 1.807) is 67.8 Å². The Kier molecular flexibility index (Phi) is 5.71. The number of ether oxygens (including phenoxy) is 2. The van der Waals surface area contributed by atoms with Crippen molar-refractivity contribution in [3.8, 4) is 17.2 Å². The molecule has 3 rings (SSSR count). The van der Waals surface area contributed by atoms with E-state index in [9.17, 15) is 10.0 Å². The second-order valence-corrected chi connectivity index (χ2v) is 5.84. The molecule has 6 nitrogen and oxygen atoms in total. The second kappa shape index (κ2) is 8.35. The molecule has 0 aliphatic carbocycles. The molecule has 0 radical (unpaired) electrons.